The maximum Gasteiger partial charge on any atom is 0.00955 e. The van der Waals surface area contributed by atoms with E-state index in [1.54, 1.807) is 0 Å². The van der Waals surface area contributed by atoms with Crippen molar-refractivity contribution in [2.75, 3.05) is 0 Å². The van der Waals surface area contributed by atoms with Crippen LogP contribution >= 0.6 is 0 Å². The van der Waals surface area contributed by atoms with Crippen molar-refractivity contribution in [3.63, 3.8) is 0 Å². The van der Waals surface area contributed by atoms with Crippen LogP contribution in [0.3, 0.4) is 0 Å². The minimum Gasteiger partial charge on any atom is -0.311 e. The number of nitrogens with one attached hydrogen (secondary N) is 1. The van der Waals surface area contributed by atoms with E-state index in [-0.39, 0.29) is 0 Å². The van der Waals surface area contributed by atoms with Gasteiger partial charge in [0, 0.05) is 12.1 Å². The smallest absolute Gasteiger partial charge is 0.00955 e. The van der Waals surface area contributed by atoms with Crippen molar-refractivity contribution in [1.82, 2.24) is 5.32 Å². The van der Waals surface area contributed by atoms with Crippen LogP contribution in [0.1, 0.15) is 73.1 Å². The molecule has 1 fully saturated rings. The Bertz CT molecular complexity index is 198. The molecule has 1 N–H and O–H groups in total. The van der Waals surface area contributed by atoms with Gasteiger partial charge >= 0.3 is 0 Å². The first-order chi connectivity index (χ1) is 7.44. The van der Waals surface area contributed by atoms with Crippen molar-refractivity contribution in [1.29, 1.82) is 0 Å². The highest BCUT2D eigenvalue weighted by Gasteiger charge is 2.32. The van der Waals surface area contributed by atoms with Gasteiger partial charge in [-0.3, -0.25) is 0 Å². The van der Waals surface area contributed by atoms with E-state index in [2.05, 4.69) is 39.9 Å². The zero-order valence-corrected chi connectivity index (χ0v) is 12.0. The summed E-state index contributed by atoms with van der Waals surface area (Å²) < 4.78 is 0. The number of unbranched alkanes of at least 4 members (excludes halogenated alkanes) is 1. The molecule has 1 aliphatic rings. The Kier molecular flexibility index (Phi) is 5.30. The molecule has 1 rings (SSSR count). The van der Waals surface area contributed by atoms with Crippen molar-refractivity contribution in [2.45, 2.75) is 85.2 Å². The molecule has 0 radical (unpaired) electrons. The molecule has 0 bridgehead atoms. The Morgan fingerprint density at radius 1 is 1.38 bits per heavy atom. The molecule has 1 aliphatic carbocycles. The third-order valence-corrected chi connectivity index (χ3v) is 4.18. The minimum atomic E-state index is 0.574. The van der Waals surface area contributed by atoms with Crippen LogP contribution in [0.2, 0.25) is 0 Å². The van der Waals surface area contributed by atoms with Gasteiger partial charge in [-0.15, -0.1) is 0 Å². The number of hydrogen-bond donors (Lipinski definition) is 1. The molecule has 0 heterocycles. The van der Waals surface area contributed by atoms with E-state index in [0.29, 0.717) is 11.5 Å². The summed E-state index contributed by atoms with van der Waals surface area (Å²) in [4.78, 5) is 0. The van der Waals surface area contributed by atoms with Gasteiger partial charge in [0.1, 0.15) is 0 Å². The van der Waals surface area contributed by atoms with E-state index in [9.17, 15) is 0 Å². The molecule has 16 heavy (non-hydrogen) atoms. The van der Waals surface area contributed by atoms with Gasteiger partial charge in [0.15, 0.2) is 0 Å². The third kappa shape index (κ3) is 4.45. The maximum atomic E-state index is 3.84. The quantitative estimate of drug-likeness (QED) is 0.732. The fourth-order valence-corrected chi connectivity index (χ4v) is 3.15. The lowest BCUT2D eigenvalue weighted by Crippen LogP contribution is -2.45. The first-order valence-corrected chi connectivity index (χ1v) is 7.20. The molecule has 0 aromatic carbocycles. The minimum absolute atomic E-state index is 0.574. The molecule has 1 nitrogen and oxygen atoms in total. The van der Waals surface area contributed by atoms with Crippen molar-refractivity contribution in [2.24, 2.45) is 11.3 Å². The SMILES string of the molecule is CCCCC(C)NC1CCC(C)(C)CC1C. The second-order valence-electron chi connectivity index (χ2n) is 6.70. The molecule has 3 atom stereocenters. The van der Waals surface area contributed by atoms with Crippen molar-refractivity contribution in [3.05, 3.63) is 0 Å². The first-order valence-electron chi connectivity index (χ1n) is 7.20. The lowest BCUT2D eigenvalue weighted by atomic mass is 9.70. The average molecular weight is 225 g/mol. The molecule has 0 spiro atoms. The summed E-state index contributed by atoms with van der Waals surface area (Å²) in [6, 6.07) is 1.47. The van der Waals surface area contributed by atoms with Crippen LogP contribution in [0.4, 0.5) is 0 Å². The summed E-state index contributed by atoms with van der Waals surface area (Å²) >= 11 is 0. The predicted molar refractivity (Wildman–Crippen MR) is 72.7 cm³/mol. The van der Waals surface area contributed by atoms with Crippen LogP contribution in [0.25, 0.3) is 0 Å². The summed E-state index contributed by atoms with van der Waals surface area (Å²) in [5, 5.41) is 3.84. The van der Waals surface area contributed by atoms with E-state index in [1.165, 1.54) is 38.5 Å². The molecule has 0 aromatic heterocycles. The molecule has 3 unspecified atom stereocenters. The van der Waals surface area contributed by atoms with Gasteiger partial charge in [-0.25, -0.2) is 0 Å². The summed E-state index contributed by atoms with van der Waals surface area (Å²) in [5.74, 6) is 0.841. The third-order valence-electron chi connectivity index (χ3n) is 4.18. The average Bonchev–Trinajstić information content (AvgIpc) is 2.18. The van der Waals surface area contributed by atoms with Crippen molar-refractivity contribution >= 4 is 0 Å². The number of rotatable bonds is 5. The van der Waals surface area contributed by atoms with Crippen LogP contribution in [-0.2, 0) is 0 Å². The fraction of sp³-hybridized carbons (Fsp3) is 1.00. The van der Waals surface area contributed by atoms with Gasteiger partial charge in [0.05, 0.1) is 0 Å². The van der Waals surface area contributed by atoms with E-state index in [0.717, 1.165) is 12.0 Å². The van der Waals surface area contributed by atoms with Crippen LogP contribution in [0.15, 0.2) is 0 Å². The molecular weight excluding hydrogens is 194 g/mol. The van der Waals surface area contributed by atoms with E-state index in [4.69, 9.17) is 0 Å². The van der Waals surface area contributed by atoms with Crippen LogP contribution in [0, 0.1) is 11.3 Å². The van der Waals surface area contributed by atoms with Crippen molar-refractivity contribution < 1.29 is 0 Å². The Labute approximate surface area is 102 Å². The van der Waals surface area contributed by atoms with Crippen LogP contribution in [-0.4, -0.2) is 12.1 Å². The first kappa shape index (κ1) is 14.0. The Morgan fingerprint density at radius 2 is 2.06 bits per heavy atom. The van der Waals surface area contributed by atoms with E-state index >= 15 is 0 Å². The summed E-state index contributed by atoms with van der Waals surface area (Å²) in [5.41, 5.74) is 0.574. The Morgan fingerprint density at radius 3 is 2.62 bits per heavy atom. The molecular formula is C15H31N. The summed E-state index contributed by atoms with van der Waals surface area (Å²) in [6.45, 7) is 11.9. The van der Waals surface area contributed by atoms with E-state index < -0.39 is 0 Å². The molecule has 0 aliphatic heterocycles. The normalized spacial score (nSPS) is 31.3. The second-order valence-corrected chi connectivity index (χ2v) is 6.70. The maximum absolute atomic E-state index is 3.84. The van der Waals surface area contributed by atoms with Gasteiger partial charge in [-0.1, -0.05) is 40.5 Å². The lowest BCUT2D eigenvalue weighted by molar-refractivity contribution is 0.141. The highest BCUT2D eigenvalue weighted by Crippen LogP contribution is 2.38. The van der Waals surface area contributed by atoms with Gasteiger partial charge in [0.25, 0.3) is 0 Å². The van der Waals surface area contributed by atoms with E-state index in [1.807, 2.05) is 0 Å². The monoisotopic (exact) mass is 225 g/mol. The molecule has 96 valence electrons. The zero-order valence-electron chi connectivity index (χ0n) is 12.0. The lowest BCUT2D eigenvalue weighted by Gasteiger charge is -2.40. The summed E-state index contributed by atoms with van der Waals surface area (Å²) in [7, 11) is 0. The Balaban J connectivity index is 2.32. The fourth-order valence-electron chi connectivity index (χ4n) is 3.15. The molecule has 1 heteroatoms. The van der Waals surface area contributed by atoms with Gasteiger partial charge in [-0.2, -0.15) is 0 Å². The Hall–Kier alpha value is -0.0400. The standard InChI is InChI=1S/C15H31N/c1-6-7-8-13(3)16-14-9-10-15(4,5)11-12(14)2/h12-14,16H,6-11H2,1-5H3. The molecule has 0 amide bonds. The van der Waals surface area contributed by atoms with Crippen molar-refractivity contribution in [3.8, 4) is 0 Å². The van der Waals surface area contributed by atoms with Gasteiger partial charge < -0.3 is 5.32 Å². The molecule has 1 saturated carbocycles. The topological polar surface area (TPSA) is 12.0 Å². The number of hydrogen-bond acceptors (Lipinski definition) is 1. The van der Waals surface area contributed by atoms with Gasteiger partial charge in [-0.05, 0) is 43.9 Å². The second kappa shape index (κ2) is 6.05. The largest absolute Gasteiger partial charge is 0.311 e. The van der Waals surface area contributed by atoms with Crippen LogP contribution < -0.4 is 5.32 Å². The van der Waals surface area contributed by atoms with Crippen LogP contribution in [0.5, 0.6) is 0 Å². The predicted octanol–water partition coefficient (Wildman–Crippen LogP) is 4.37. The molecule has 0 saturated heterocycles. The summed E-state index contributed by atoms with van der Waals surface area (Å²) in [6.07, 6.45) is 8.15. The zero-order chi connectivity index (χ0) is 12.2. The highest BCUT2D eigenvalue weighted by molar-refractivity contribution is 4.87. The van der Waals surface area contributed by atoms with Gasteiger partial charge in [0.2, 0.25) is 0 Å². The highest BCUT2D eigenvalue weighted by atomic mass is 15.0. The molecule has 0 aromatic rings.